The van der Waals surface area contributed by atoms with Crippen molar-refractivity contribution in [2.45, 2.75) is 13.5 Å². The molecule has 2 aromatic carbocycles. The molecular formula is C22H24N4O3S. The molecule has 1 aromatic heterocycles. The second kappa shape index (κ2) is 8.96. The van der Waals surface area contributed by atoms with Crippen LogP contribution in [0.5, 0.6) is 0 Å². The van der Waals surface area contributed by atoms with E-state index in [-0.39, 0.29) is 12.5 Å². The summed E-state index contributed by atoms with van der Waals surface area (Å²) in [5.74, 6) is 0.674. The van der Waals surface area contributed by atoms with Gasteiger partial charge in [-0.15, -0.1) is 6.58 Å². The van der Waals surface area contributed by atoms with Crippen LogP contribution >= 0.6 is 0 Å². The number of nitrogens with zero attached hydrogens (tertiary/aromatic N) is 3. The summed E-state index contributed by atoms with van der Waals surface area (Å²) in [4.78, 5) is 16.7. The molecule has 30 heavy (non-hydrogen) atoms. The van der Waals surface area contributed by atoms with Crippen LogP contribution in [-0.2, 0) is 16.6 Å². The zero-order valence-electron chi connectivity index (χ0n) is 16.9. The standard InChI is InChI=1S/C22H24N4O3S/c1-4-14-26(30(3,28)29)21-11-7-19(8-12-21)22(27)24-16-18-5-9-20(10-6-18)25-15-13-23-17(25)2/h4-13,15H,1,14,16H2,2-3H3,(H,24,27). The molecule has 3 rings (SSSR count). The first kappa shape index (κ1) is 21.3. The molecule has 0 aliphatic heterocycles. The summed E-state index contributed by atoms with van der Waals surface area (Å²) in [6, 6.07) is 14.3. The number of carbonyl (C=O) groups excluding carboxylic acids is 1. The van der Waals surface area contributed by atoms with Crippen LogP contribution in [0.4, 0.5) is 5.69 Å². The van der Waals surface area contributed by atoms with Crippen LogP contribution in [0.2, 0.25) is 0 Å². The molecule has 0 fully saturated rings. The Balaban J connectivity index is 1.63. The molecule has 7 nitrogen and oxygen atoms in total. The summed E-state index contributed by atoms with van der Waals surface area (Å²) in [7, 11) is -3.43. The number of benzene rings is 2. The third-order valence-corrected chi connectivity index (χ3v) is 5.77. The quantitative estimate of drug-likeness (QED) is 0.563. The predicted molar refractivity (Wildman–Crippen MR) is 118 cm³/mol. The second-order valence-electron chi connectivity index (χ2n) is 6.82. The van der Waals surface area contributed by atoms with E-state index in [1.807, 2.05) is 42.0 Å². The summed E-state index contributed by atoms with van der Waals surface area (Å²) in [6.45, 7) is 6.07. The van der Waals surface area contributed by atoms with Gasteiger partial charge in [0.15, 0.2) is 0 Å². The Morgan fingerprint density at radius 2 is 1.83 bits per heavy atom. The molecule has 0 saturated heterocycles. The lowest BCUT2D eigenvalue weighted by molar-refractivity contribution is 0.0951. The van der Waals surface area contributed by atoms with Crippen LogP contribution in [-0.4, -0.2) is 36.7 Å². The minimum atomic E-state index is -3.43. The summed E-state index contributed by atoms with van der Waals surface area (Å²) < 4.78 is 27.0. The molecule has 1 N–H and O–H groups in total. The highest BCUT2D eigenvalue weighted by molar-refractivity contribution is 7.92. The average molecular weight is 425 g/mol. The Kier molecular flexibility index (Phi) is 6.37. The van der Waals surface area contributed by atoms with E-state index in [0.717, 1.165) is 23.3 Å². The number of rotatable bonds is 8. The molecule has 0 unspecified atom stereocenters. The van der Waals surface area contributed by atoms with Crippen molar-refractivity contribution in [3.05, 3.63) is 90.5 Å². The first-order valence-corrected chi connectivity index (χ1v) is 11.2. The molecule has 0 saturated carbocycles. The van der Waals surface area contributed by atoms with Crippen molar-refractivity contribution in [3.63, 3.8) is 0 Å². The number of amides is 1. The lowest BCUT2D eigenvalue weighted by Gasteiger charge is -2.20. The number of nitrogens with one attached hydrogen (secondary N) is 1. The lowest BCUT2D eigenvalue weighted by atomic mass is 10.1. The van der Waals surface area contributed by atoms with Crippen LogP contribution in [0.1, 0.15) is 21.7 Å². The van der Waals surface area contributed by atoms with E-state index < -0.39 is 10.0 Å². The minimum Gasteiger partial charge on any atom is -0.348 e. The topological polar surface area (TPSA) is 84.3 Å². The van der Waals surface area contributed by atoms with Crippen LogP contribution in [0.25, 0.3) is 5.69 Å². The van der Waals surface area contributed by atoms with Crippen molar-refractivity contribution in [2.75, 3.05) is 17.1 Å². The third kappa shape index (κ3) is 4.96. The van der Waals surface area contributed by atoms with Gasteiger partial charge in [0.2, 0.25) is 10.0 Å². The van der Waals surface area contributed by atoms with E-state index in [1.165, 1.54) is 10.4 Å². The van der Waals surface area contributed by atoms with Crippen molar-refractivity contribution in [1.82, 2.24) is 14.9 Å². The third-order valence-electron chi connectivity index (χ3n) is 4.61. The van der Waals surface area contributed by atoms with E-state index in [0.29, 0.717) is 17.8 Å². The highest BCUT2D eigenvalue weighted by Gasteiger charge is 2.16. The van der Waals surface area contributed by atoms with Gasteiger partial charge in [0.05, 0.1) is 18.5 Å². The fourth-order valence-corrected chi connectivity index (χ4v) is 3.92. The highest BCUT2D eigenvalue weighted by Crippen LogP contribution is 2.18. The number of aromatic nitrogens is 2. The van der Waals surface area contributed by atoms with E-state index >= 15 is 0 Å². The van der Waals surface area contributed by atoms with Crippen LogP contribution in [0, 0.1) is 6.92 Å². The zero-order valence-corrected chi connectivity index (χ0v) is 17.8. The van der Waals surface area contributed by atoms with Crippen molar-refractivity contribution in [1.29, 1.82) is 0 Å². The van der Waals surface area contributed by atoms with Gasteiger partial charge in [-0.2, -0.15) is 0 Å². The number of carbonyl (C=O) groups is 1. The SMILES string of the molecule is C=CCN(c1ccc(C(=O)NCc2ccc(-n3ccnc3C)cc2)cc1)S(C)(=O)=O. The van der Waals surface area contributed by atoms with E-state index in [1.54, 1.807) is 30.5 Å². The molecule has 0 aliphatic rings. The molecule has 0 atom stereocenters. The van der Waals surface area contributed by atoms with E-state index in [4.69, 9.17) is 0 Å². The monoisotopic (exact) mass is 424 g/mol. The van der Waals surface area contributed by atoms with Gasteiger partial charge in [-0.25, -0.2) is 13.4 Å². The normalized spacial score (nSPS) is 11.1. The van der Waals surface area contributed by atoms with Gasteiger partial charge >= 0.3 is 0 Å². The minimum absolute atomic E-state index is 0.166. The van der Waals surface area contributed by atoms with Crippen molar-refractivity contribution < 1.29 is 13.2 Å². The second-order valence-corrected chi connectivity index (χ2v) is 8.73. The summed E-state index contributed by atoms with van der Waals surface area (Å²) in [6.07, 6.45) is 6.30. The van der Waals surface area contributed by atoms with Gasteiger partial charge < -0.3 is 9.88 Å². The van der Waals surface area contributed by atoms with Gasteiger partial charge in [0.25, 0.3) is 5.91 Å². The average Bonchev–Trinajstić information content (AvgIpc) is 3.16. The number of hydrogen-bond donors (Lipinski definition) is 1. The molecule has 1 heterocycles. The first-order chi connectivity index (χ1) is 14.3. The van der Waals surface area contributed by atoms with Crippen molar-refractivity contribution in [3.8, 4) is 5.69 Å². The fraction of sp³-hybridized carbons (Fsp3) is 0.182. The van der Waals surface area contributed by atoms with Crippen molar-refractivity contribution >= 4 is 21.6 Å². The molecule has 8 heteroatoms. The predicted octanol–water partition coefficient (Wildman–Crippen LogP) is 3.06. The molecule has 156 valence electrons. The molecule has 0 spiro atoms. The lowest BCUT2D eigenvalue weighted by Crippen LogP contribution is -2.30. The number of aryl methyl sites for hydroxylation is 1. The maximum Gasteiger partial charge on any atom is 0.251 e. The molecule has 1 amide bonds. The number of anilines is 1. The summed E-state index contributed by atoms with van der Waals surface area (Å²) >= 11 is 0. The molecule has 0 bridgehead atoms. The Hall–Kier alpha value is -3.39. The van der Waals surface area contributed by atoms with Crippen LogP contribution in [0.15, 0.2) is 73.6 Å². The number of hydrogen-bond acceptors (Lipinski definition) is 4. The van der Waals surface area contributed by atoms with Gasteiger partial charge in [-0.3, -0.25) is 9.10 Å². The van der Waals surface area contributed by atoms with Gasteiger partial charge in [0, 0.05) is 30.2 Å². The van der Waals surface area contributed by atoms with Gasteiger partial charge in [-0.05, 0) is 48.9 Å². The number of imidazole rings is 1. The van der Waals surface area contributed by atoms with E-state index in [9.17, 15) is 13.2 Å². The number of sulfonamides is 1. The largest absolute Gasteiger partial charge is 0.348 e. The molecular weight excluding hydrogens is 400 g/mol. The Bertz CT molecular complexity index is 1130. The molecule has 0 aliphatic carbocycles. The summed E-state index contributed by atoms with van der Waals surface area (Å²) in [5, 5.41) is 2.88. The Morgan fingerprint density at radius 1 is 1.17 bits per heavy atom. The highest BCUT2D eigenvalue weighted by atomic mass is 32.2. The van der Waals surface area contributed by atoms with Crippen molar-refractivity contribution in [2.24, 2.45) is 0 Å². The fourth-order valence-electron chi connectivity index (χ4n) is 3.04. The maximum atomic E-state index is 12.4. The van der Waals surface area contributed by atoms with Crippen LogP contribution in [0.3, 0.4) is 0 Å². The zero-order chi connectivity index (χ0) is 21.7. The maximum absolute atomic E-state index is 12.4. The Morgan fingerprint density at radius 3 is 2.37 bits per heavy atom. The van der Waals surface area contributed by atoms with E-state index in [2.05, 4.69) is 16.9 Å². The van der Waals surface area contributed by atoms with Gasteiger partial charge in [0.1, 0.15) is 5.82 Å². The molecule has 3 aromatic rings. The Labute approximate surface area is 176 Å². The van der Waals surface area contributed by atoms with Gasteiger partial charge in [-0.1, -0.05) is 18.2 Å². The first-order valence-electron chi connectivity index (χ1n) is 9.36. The smallest absolute Gasteiger partial charge is 0.251 e. The molecule has 0 radical (unpaired) electrons. The summed E-state index contributed by atoms with van der Waals surface area (Å²) in [5.41, 5.74) is 2.91. The van der Waals surface area contributed by atoms with Crippen LogP contribution < -0.4 is 9.62 Å².